The van der Waals surface area contributed by atoms with Gasteiger partial charge in [0.2, 0.25) is 0 Å². The molecule has 6 aromatic heterocycles. The Morgan fingerprint density at radius 1 is 0.328 bits per heavy atom. The van der Waals surface area contributed by atoms with Crippen LogP contribution in [0.3, 0.4) is 0 Å². The number of aromatic nitrogens is 2. The summed E-state index contributed by atoms with van der Waals surface area (Å²) >= 11 is 0. The lowest BCUT2D eigenvalue weighted by atomic mass is 10.00. The van der Waals surface area contributed by atoms with Crippen molar-refractivity contribution in [1.29, 1.82) is 0 Å². The van der Waals surface area contributed by atoms with E-state index in [4.69, 9.17) is 22.5 Å². The third-order valence-corrected chi connectivity index (χ3v) is 12.1. The van der Waals surface area contributed by atoms with Crippen LogP contribution in [0.5, 0.6) is 0 Å². The van der Waals surface area contributed by atoms with Crippen molar-refractivity contribution in [3.05, 3.63) is 170 Å². The van der Waals surface area contributed by atoms with Crippen molar-refractivity contribution in [2.24, 2.45) is 0 Å². The van der Waals surface area contributed by atoms with Crippen molar-refractivity contribution in [3.8, 4) is 22.3 Å². The van der Waals surface area contributed by atoms with E-state index in [1.165, 1.54) is 0 Å². The van der Waals surface area contributed by atoms with Crippen LogP contribution in [0.15, 0.2) is 178 Å². The minimum absolute atomic E-state index is 0.00443. The number of hydrogen-bond donors (Lipinski definition) is 0. The largest absolute Gasteiger partial charge is 0.456 e. The first-order chi connectivity index (χ1) is 34.6. The SMILES string of the molecule is [2H]c1c([2H])c([2H])c2c(oc3c([2H])c([2H])c(-c4ccc5c6cccc7c8cc9c(cc8n(c5c4)c67)c4cccc5c6ccc(-c7c([2H])c([2H])c8oc%10c([2H])c([2H])c([2H])c([2H])c%10c8c7[2H])cc6n9c54)c([2H])c32)c1[2H]. The molecule has 0 N–H and O–H groups in total. The summed E-state index contributed by atoms with van der Waals surface area (Å²) < 4.78 is 139. The Hall–Kier alpha value is -7.82. The number of benzene rings is 9. The van der Waals surface area contributed by atoms with Gasteiger partial charge in [-0.05, 0) is 82.8 Å². The molecule has 0 aliphatic rings. The van der Waals surface area contributed by atoms with Crippen LogP contribution in [0.4, 0.5) is 0 Å². The summed E-state index contributed by atoms with van der Waals surface area (Å²) in [5, 5.41) is 7.81. The quantitative estimate of drug-likeness (QED) is 0.176. The van der Waals surface area contributed by atoms with Gasteiger partial charge >= 0.3 is 0 Å². The van der Waals surface area contributed by atoms with Crippen LogP contribution in [-0.2, 0) is 0 Å². The lowest BCUT2D eigenvalue weighted by Gasteiger charge is -2.06. The molecule has 0 saturated carbocycles. The van der Waals surface area contributed by atoms with Gasteiger partial charge in [0.15, 0.2) is 0 Å². The van der Waals surface area contributed by atoms with Crippen LogP contribution < -0.4 is 0 Å². The zero-order valence-electron chi connectivity index (χ0n) is 43.8. The first-order valence-electron chi connectivity index (χ1n) is 25.8. The second-order valence-corrected chi connectivity index (χ2v) is 14.9. The molecule has 0 amide bonds. The fraction of sp³-hybridized carbons (Fsp3) is 0. The second-order valence-electron chi connectivity index (χ2n) is 14.9. The van der Waals surface area contributed by atoms with E-state index in [1.807, 2.05) is 48.5 Å². The van der Waals surface area contributed by atoms with Gasteiger partial charge in [-0.15, -0.1) is 0 Å². The number of rotatable bonds is 2. The Kier molecular flexibility index (Phi) is 3.47. The molecule has 0 radical (unpaired) electrons. The van der Waals surface area contributed by atoms with Crippen LogP contribution in [-0.4, -0.2) is 8.80 Å². The summed E-state index contributed by atoms with van der Waals surface area (Å²) in [4.78, 5) is 0. The highest BCUT2D eigenvalue weighted by molar-refractivity contribution is 6.29. The predicted molar refractivity (Wildman–Crippen MR) is 241 cm³/mol. The summed E-state index contributed by atoms with van der Waals surface area (Å²) in [6, 6.07) is 22.9. The van der Waals surface area contributed by atoms with Gasteiger partial charge in [0.1, 0.15) is 22.3 Å². The predicted octanol–water partition coefficient (Wildman–Crippen LogP) is 15.1. The third-order valence-electron chi connectivity index (χ3n) is 12.1. The van der Waals surface area contributed by atoms with E-state index in [0.29, 0.717) is 11.1 Å². The molecule has 6 heterocycles. The highest BCUT2D eigenvalue weighted by Gasteiger charge is 2.23. The summed E-state index contributed by atoms with van der Waals surface area (Å²) in [5.74, 6) is 0. The molecule has 0 unspecified atom stereocenters. The summed E-state index contributed by atoms with van der Waals surface area (Å²) in [6.07, 6.45) is 0. The average Bonchev–Trinajstić information content (AvgIpc) is 4.24. The van der Waals surface area contributed by atoms with Crippen molar-refractivity contribution < 1.29 is 28.0 Å². The highest BCUT2D eigenvalue weighted by atomic mass is 16.3. The van der Waals surface area contributed by atoms with E-state index in [2.05, 4.69) is 45.2 Å². The second kappa shape index (κ2) is 10.1. The van der Waals surface area contributed by atoms with E-state index in [9.17, 15) is 5.48 Å². The zero-order chi connectivity index (χ0) is 49.6. The summed E-state index contributed by atoms with van der Waals surface area (Å²) in [6.45, 7) is 0. The molecule has 15 rings (SSSR count). The van der Waals surface area contributed by atoms with Crippen molar-refractivity contribution >= 4 is 120 Å². The minimum atomic E-state index is -0.492. The first-order valence-corrected chi connectivity index (χ1v) is 18.8. The van der Waals surface area contributed by atoms with Crippen LogP contribution in [0.25, 0.3) is 142 Å². The number of para-hydroxylation sites is 4. The van der Waals surface area contributed by atoms with E-state index in [1.54, 1.807) is 0 Å². The molecule has 0 spiro atoms. The number of hydrogen-bond acceptors (Lipinski definition) is 2. The van der Waals surface area contributed by atoms with Crippen LogP contribution in [0, 0.1) is 0 Å². The van der Waals surface area contributed by atoms with Gasteiger partial charge in [-0.3, -0.25) is 0 Å². The van der Waals surface area contributed by atoms with Gasteiger partial charge in [-0.25, -0.2) is 0 Å². The molecule has 0 aliphatic carbocycles. The van der Waals surface area contributed by atoms with Gasteiger partial charge < -0.3 is 17.6 Å². The topological polar surface area (TPSA) is 35.1 Å². The van der Waals surface area contributed by atoms with E-state index in [0.717, 1.165) is 76.2 Å². The maximum atomic E-state index is 9.48. The molecule has 266 valence electrons. The van der Waals surface area contributed by atoms with Crippen molar-refractivity contribution in [2.75, 3.05) is 0 Å². The van der Waals surface area contributed by atoms with E-state index >= 15 is 0 Å². The Labute approximate surface area is 348 Å². The maximum Gasteiger partial charge on any atom is 0.135 e. The third kappa shape index (κ3) is 3.53. The van der Waals surface area contributed by atoms with Crippen molar-refractivity contribution in [3.63, 3.8) is 0 Å². The maximum absolute atomic E-state index is 9.48. The van der Waals surface area contributed by atoms with Gasteiger partial charge in [-0.2, -0.15) is 0 Å². The lowest BCUT2D eigenvalue weighted by Crippen LogP contribution is -1.85. The highest BCUT2D eigenvalue weighted by Crippen LogP contribution is 2.46. The number of fused-ring (bicyclic) bond motifs is 18. The molecule has 0 fully saturated rings. The Bertz CT molecular complexity index is 4790. The molecular formula is C54H28N2O2. The molecule has 4 nitrogen and oxygen atoms in total. The molecule has 0 aliphatic heterocycles. The van der Waals surface area contributed by atoms with Gasteiger partial charge in [0, 0.05) is 64.6 Å². The van der Waals surface area contributed by atoms with E-state index < -0.39 is 36.3 Å². The van der Waals surface area contributed by atoms with Gasteiger partial charge in [0.25, 0.3) is 0 Å². The Morgan fingerprint density at radius 3 is 1.22 bits per heavy atom. The molecule has 15 aromatic rings. The molecule has 0 atom stereocenters. The van der Waals surface area contributed by atoms with Crippen LogP contribution in [0.1, 0.15) is 19.2 Å². The van der Waals surface area contributed by atoms with Crippen molar-refractivity contribution in [1.82, 2.24) is 8.80 Å². The van der Waals surface area contributed by atoms with Gasteiger partial charge in [0.05, 0.1) is 52.3 Å². The molecule has 0 bridgehead atoms. The zero-order valence-corrected chi connectivity index (χ0v) is 29.8. The molecule has 9 aromatic carbocycles. The monoisotopic (exact) mass is 750 g/mol. The summed E-state index contributed by atoms with van der Waals surface area (Å²) in [7, 11) is 0. The summed E-state index contributed by atoms with van der Waals surface area (Å²) in [5.41, 5.74) is 5.95. The first kappa shape index (κ1) is 19.9. The normalized spacial score (nSPS) is 16.2. The molecular weight excluding hydrogens is 709 g/mol. The van der Waals surface area contributed by atoms with Crippen molar-refractivity contribution in [2.45, 2.75) is 0 Å². The minimum Gasteiger partial charge on any atom is -0.456 e. The Morgan fingerprint density at radius 2 is 0.741 bits per heavy atom. The van der Waals surface area contributed by atoms with E-state index in [-0.39, 0.29) is 103 Å². The van der Waals surface area contributed by atoms with Gasteiger partial charge in [-0.1, -0.05) is 109 Å². The fourth-order valence-corrected chi connectivity index (χ4v) is 9.65. The molecule has 0 saturated heterocycles. The molecule has 4 heteroatoms. The number of nitrogens with zero attached hydrogens (tertiary/aromatic N) is 2. The standard InChI is InChI=1S/C54H28N2O2/c1-3-13-49-35(7-1)43-23-29(17-21-51(43)57-49)31-15-19-33-37-9-5-11-39-41-28-48-42(27-47(41)55(53(37)39)45(33)25-31)40-12-6-10-38-34-20-16-32(26-46(34)56(48)54(38)40)30-18-22-52-44(24-30)36-8-2-4-14-50(36)58-52/h1-28H/i1D,2D,3D,4D,7D,8D,13D,14D,17D,18D,21D,22D,23D,24D. The molecule has 58 heavy (non-hydrogen) atoms. The Balaban J connectivity index is 0.986. The number of furan rings is 2. The average molecular weight is 751 g/mol. The lowest BCUT2D eigenvalue weighted by molar-refractivity contribution is 0.668. The fourth-order valence-electron chi connectivity index (χ4n) is 9.65. The smallest absolute Gasteiger partial charge is 0.135 e. The van der Waals surface area contributed by atoms with Crippen LogP contribution >= 0.6 is 0 Å². The van der Waals surface area contributed by atoms with Crippen LogP contribution in [0.2, 0.25) is 0 Å².